The van der Waals surface area contributed by atoms with Crippen molar-refractivity contribution in [2.45, 2.75) is 31.7 Å². The van der Waals surface area contributed by atoms with Crippen LogP contribution in [0.1, 0.15) is 36.0 Å². The average Bonchev–Trinajstić information content (AvgIpc) is 2.84. The summed E-state index contributed by atoms with van der Waals surface area (Å²) in [5, 5.41) is 1.000. The number of likely N-dealkylation sites (tertiary alicyclic amines) is 1. The molecule has 1 unspecified atom stereocenters. The van der Waals surface area contributed by atoms with Gasteiger partial charge in [-0.1, -0.05) is 15.9 Å². The van der Waals surface area contributed by atoms with Gasteiger partial charge in [0.2, 0.25) is 0 Å². The van der Waals surface area contributed by atoms with Gasteiger partial charge in [-0.25, -0.2) is 9.97 Å². The molecule has 1 fully saturated rings. The van der Waals surface area contributed by atoms with E-state index < -0.39 is 0 Å². The zero-order valence-corrected chi connectivity index (χ0v) is 11.3. The van der Waals surface area contributed by atoms with Crippen molar-refractivity contribution >= 4 is 21.8 Å². The number of alkyl halides is 1. The van der Waals surface area contributed by atoms with Crippen molar-refractivity contribution in [1.29, 1.82) is 0 Å². The molecule has 0 N–H and O–H groups in total. The quantitative estimate of drug-likeness (QED) is 0.801. The van der Waals surface area contributed by atoms with Crippen LogP contribution >= 0.6 is 15.9 Å². The molecule has 1 saturated heterocycles. The largest absolute Gasteiger partial charge is 0.336 e. The predicted molar refractivity (Wildman–Crippen MR) is 69.1 cm³/mol. The molecule has 17 heavy (non-hydrogen) atoms. The Labute approximate surface area is 110 Å². The third-order valence-electron chi connectivity index (χ3n) is 3.12. The first-order valence-electron chi connectivity index (χ1n) is 5.95. The van der Waals surface area contributed by atoms with Crippen LogP contribution in [0.3, 0.4) is 0 Å². The Kier molecular flexibility index (Phi) is 4.48. The number of carbonyl (C=O) groups is 1. The highest BCUT2D eigenvalue weighted by Gasteiger charge is 2.28. The molecular formula is C12H16BrN3O. The van der Waals surface area contributed by atoms with Crippen molar-refractivity contribution in [2.24, 2.45) is 0 Å². The smallest absolute Gasteiger partial charge is 0.257 e. The summed E-state index contributed by atoms with van der Waals surface area (Å²) >= 11 is 3.44. The molecule has 1 aromatic heterocycles. The van der Waals surface area contributed by atoms with Crippen LogP contribution in [0.4, 0.5) is 0 Å². The van der Waals surface area contributed by atoms with Crippen LogP contribution < -0.4 is 0 Å². The number of hydrogen-bond donors (Lipinski definition) is 0. The van der Waals surface area contributed by atoms with Crippen LogP contribution in [0.15, 0.2) is 18.7 Å². The highest BCUT2D eigenvalue weighted by molar-refractivity contribution is 9.09. The summed E-state index contributed by atoms with van der Waals surface area (Å²) in [5.74, 6) is 0.0719. The summed E-state index contributed by atoms with van der Waals surface area (Å²) in [6, 6.07) is 0.389. The van der Waals surface area contributed by atoms with E-state index in [4.69, 9.17) is 0 Å². The second-order valence-electron chi connectivity index (χ2n) is 4.25. The van der Waals surface area contributed by atoms with Gasteiger partial charge < -0.3 is 4.90 Å². The van der Waals surface area contributed by atoms with Crippen LogP contribution in [0.5, 0.6) is 0 Å². The van der Waals surface area contributed by atoms with Crippen LogP contribution in [-0.2, 0) is 0 Å². The lowest BCUT2D eigenvalue weighted by atomic mass is 10.1. The van der Waals surface area contributed by atoms with Gasteiger partial charge >= 0.3 is 0 Å². The fraction of sp³-hybridized carbons (Fsp3) is 0.583. The topological polar surface area (TPSA) is 46.1 Å². The summed E-state index contributed by atoms with van der Waals surface area (Å²) in [6.07, 6.45) is 9.04. The average molecular weight is 298 g/mol. The molecule has 0 saturated carbocycles. The maximum Gasteiger partial charge on any atom is 0.257 e. The summed E-state index contributed by atoms with van der Waals surface area (Å²) in [4.78, 5) is 22.0. The zero-order valence-electron chi connectivity index (χ0n) is 9.68. The van der Waals surface area contributed by atoms with Crippen molar-refractivity contribution < 1.29 is 4.79 Å². The lowest BCUT2D eigenvalue weighted by Gasteiger charge is -2.24. The number of carbonyl (C=O) groups excluding carboxylic acids is 1. The van der Waals surface area contributed by atoms with E-state index in [2.05, 4.69) is 25.9 Å². The molecule has 1 amide bonds. The summed E-state index contributed by atoms with van der Waals surface area (Å²) in [7, 11) is 0. The fourth-order valence-electron chi connectivity index (χ4n) is 2.29. The van der Waals surface area contributed by atoms with Crippen molar-refractivity contribution in [3.05, 3.63) is 24.3 Å². The molecule has 0 radical (unpaired) electrons. The maximum atomic E-state index is 12.3. The van der Waals surface area contributed by atoms with E-state index in [-0.39, 0.29) is 5.91 Å². The summed E-state index contributed by atoms with van der Waals surface area (Å²) < 4.78 is 0. The number of amides is 1. The molecule has 1 aliphatic rings. The fourth-order valence-corrected chi connectivity index (χ4v) is 2.62. The molecule has 1 atom stereocenters. The Morgan fingerprint density at radius 1 is 1.47 bits per heavy atom. The molecule has 2 heterocycles. The van der Waals surface area contributed by atoms with Crippen LogP contribution in [0, 0.1) is 0 Å². The lowest BCUT2D eigenvalue weighted by molar-refractivity contribution is 0.0729. The van der Waals surface area contributed by atoms with Gasteiger partial charge in [-0.2, -0.15) is 0 Å². The zero-order chi connectivity index (χ0) is 12.1. The minimum Gasteiger partial charge on any atom is -0.336 e. The van der Waals surface area contributed by atoms with Crippen molar-refractivity contribution in [3.63, 3.8) is 0 Å². The van der Waals surface area contributed by atoms with Gasteiger partial charge in [-0.15, -0.1) is 0 Å². The van der Waals surface area contributed by atoms with Gasteiger partial charge in [0.05, 0.1) is 5.56 Å². The molecule has 0 aliphatic carbocycles. The second-order valence-corrected chi connectivity index (χ2v) is 5.05. The van der Waals surface area contributed by atoms with Gasteiger partial charge in [0.15, 0.2) is 0 Å². The number of rotatable bonds is 4. The highest BCUT2D eigenvalue weighted by atomic mass is 79.9. The monoisotopic (exact) mass is 297 g/mol. The molecule has 2 rings (SSSR count). The number of aromatic nitrogens is 2. The van der Waals surface area contributed by atoms with Gasteiger partial charge in [0, 0.05) is 30.3 Å². The van der Waals surface area contributed by atoms with E-state index in [0.717, 1.165) is 37.6 Å². The van der Waals surface area contributed by atoms with Crippen molar-refractivity contribution in [2.75, 3.05) is 11.9 Å². The normalized spacial score (nSPS) is 19.6. The third-order valence-corrected chi connectivity index (χ3v) is 3.68. The SMILES string of the molecule is O=C(c1cncnc1)N1CCCC1CCCBr. The van der Waals surface area contributed by atoms with E-state index in [9.17, 15) is 4.79 Å². The van der Waals surface area contributed by atoms with E-state index in [1.807, 2.05) is 4.90 Å². The second kappa shape index (κ2) is 6.10. The molecule has 1 aromatic rings. The van der Waals surface area contributed by atoms with Gasteiger partial charge in [0.25, 0.3) is 5.91 Å². The Hall–Kier alpha value is -0.970. The molecule has 1 aliphatic heterocycles. The molecule has 0 spiro atoms. The summed E-state index contributed by atoms with van der Waals surface area (Å²) in [6.45, 7) is 0.862. The molecule has 4 nitrogen and oxygen atoms in total. The molecule has 0 aromatic carbocycles. The Balaban J connectivity index is 2.03. The van der Waals surface area contributed by atoms with Crippen molar-refractivity contribution in [1.82, 2.24) is 14.9 Å². The number of hydrogen-bond acceptors (Lipinski definition) is 3. The third kappa shape index (κ3) is 3.03. The number of halogens is 1. The van der Waals surface area contributed by atoms with Crippen molar-refractivity contribution in [3.8, 4) is 0 Å². The Morgan fingerprint density at radius 2 is 2.24 bits per heavy atom. The van der Waals surface area contributed by atoms with E-state index in [1.165, 1.54) is 6.33 Å². The standard InChI is InChI=1S/C12H16BrN3O/c13-5-1-3-11-4-2-6-16(11)12(17)10-7-14-9-15-8-10/h7-9,11H,1-6H2. The molecule has 5 heteroatoms. The molecular weight excluding hydrogens is 282 g/mol. The Morgan fingerprint density at radius 3 is 2.94 bits per heavy atom. The number of nitrogens with zero attached hydrogens (tertiary/aromatic N) is 3. The van der Waals surface area contributed by atoms with E-state index in [1.54, 1.807) is 12.4 Å². The van der Waals surface area contributed by atoms with Crippen LogP contribution in [-0.4, -0.2) is 38.7 Å². The predicted octanol–water partition coefficient (Wildman–Crippen LogP) is 2.26. The highest BCUT2D eigenvalue weighted by Crippen LogP contribution is 2.23. The van der Waals surface area contributed by atoms with Gasteiger partial charge in [0.1, 0.15) is 6.33 Å². The van der Waals surface area contributed by atoms with Gasteiger partial charge in [-0.05, 0) is 25.7 Å². The summed E-state index contributed by atoms with van der Waals surface area (Å²) in [5.41, 5.74) is 0.596. The minimum atomic E-state index is 0.0719. The first kappa shape index (κ1) is 12.5. The minimum absolute atomic E-state index is 0.0719. The Bertz CT molecular complexity index is 371. The van der Waals surface area contributed by atoms with E-state index in [0.29, 0.717) is 11.6 Å². The first-order chi connectivity index (χ1) is 8.33. The van der Waals surface area contributed by atoms with Gasteiger partial charge in [-0.3, -0.25) is 4.79 Å². The molecule has 0 bridgehead atoms. The first-order valence-corrected chi connectivity index (χ1v) is 7.07. The van der Waals surface area contributed by atoms with Crippen LogP contribution in [0.25, 0.3) is 0 Å². The maximum absolute atomic E-state index is 12.3. The van der Waals surface area contributed by atoms with E-state index >= 15 is 0 Å². The van der Waals surface area contributed by atoms with Crippen LogP contribution in [0.2, 0.25) is 0 Å². The molecule has 92 valence electrons. The lowest BCUT2D eigenvalue weighted by Crippen LogP contribution is -2.35.